The van der Waals surface area contributed by atoms with Gasteiger partial charge in [-0.05, 0) is 32.6 Å². The predicted molar refractivity (Wildman–Crippen MR) is 82.2 cm³/mol. The number of unbranched alkanes of at least 4 members (excludes halogenated alkanes) is 7. The van der Waals surface area contributed by atoms with Crippen LogP contribution in [0.2, 0.25) is 0 Å². The Bertz CT molecular complexity index is 244. The Morgan fingerprint density at radius 2 is 1.53 bits per heavy atom. The largest absolute Gasteiger partial charge is 0.469 e. The molecule has 19 heavy (non-hydrogen) atoms. The van der Waals surface area contributed by atoms with Crippen LogP contribution in [-0.2, 0) is 9.53 Å². The third-order valence-electron chi connectivity index (χ3n) is 3.45. The second-order valence-electron chi connectivity index (χ2n) is 5.39. The third kappa shape index (κ3) is 13.4. The Balaban J connectivity index is 3.19. The zero-order valence-electron chi connectivity index (χ0n) is 13.2. The summed E-state index contributed by atoms with van der Waals surface area (Å²) in [6, 6.07) is 0. The zero-order chi connectivity index (χ0) is 14.3. The molecule has 0 bridgehead atoms. The molecule has 0 unspecified atom stereocenters. The number of hydrogen-bond acceptors (Lipinski definition) is 2. The Morgan fingerprint density at radius 1 is 0.947 bits per heavy atom. The van der Waals surface area contributed by atoms with Crippen molar-refractivity contribution in [2.45, 2.75) is 84.5 Å². The second kappa shape index (κ2) is 13.6. The highest BCUT2D eigenvalue weighted by Gasteiger charge is 1.98. The molecule has 0 rings (SSSR count). The highest BCUT2D eigenvalue weighted by molar-refractivity contribution is 5.68. The molecule has 0 fully saturated rings. The minimum atomic E-state index is -0.0748. The van der Waals surface area contributed by atoms with Crippen LogP contribution in [-0.4, -0.2) is 13.1 Å². The maximum Gasteiger partial charge on any atom is 0.305 e. The lowest BCUT2D eigenvalue weighted by molar-refractivity contribution is -0.140. The van der Waals surface area contributed by atoms with Crippen LogP contribution in [0.1, 0.15) is 84.5 Å². The summed E-state index contributed by atoms with van der Waals surface area (Å²) in [5, 5.41) is 0. The third-order valence-corrected chi connectivity index (χ3v) is 3.45. The lowest BCUT2D eigenvalue weighted by Crippen LogP contribution is -1.99. The number of ether oxygens (including phenoxy) is 1. The van der Waals surface area contributed by atoms with Crippen LogP contribution in [0.5, 0.6) is 0 Å². The van der Waals surface area contributed by atoms with Crippen molar-refractivity contribution in [1.82, 2.24) is 0 Å². The summed E-state index contributed by atoms with van der Waals surface area (Å²) in [5.74, 6) is -0.0748. The van der Waals surface area contributed by atoms with Gasteiger partial charge in [0.25, 0.3) is 0 Å². The summed E-state index contributed by atoms with van der Waals surface area (Å²) in [6.07, 6.45) is 15.4. The molecule has 0 aliphatic carbocycles. The van der Waals surface area contributed by atoms with E-state index in [0.29, 0.717) is 6.42 Å². The van der Waals surface area contributed by atoms with Gasteiger partial charge in [-0.15, -0.1) is 0 Å². The van der Waals surface area contributed by atoms with Crippen LogP contribution in [0.4, 0.5) is 0 Å². The molecule has 0 aromatic heterocycles. The van der Waals surface area contributed by atoms with Crippen LogP contribution >= 0.6 is 0 Å². The minimum Gasteiger partial charge on any atom is -0.469 e. The van der Waals surface area contributed by atoms with E-state index in [1.807, 2.05) is 0 Å². The van der Waals surface area contributed by atoms with Gasteiger partial charge in [-0.25, -0.2) is 0 Å². The number of allylic oxidation sites excluding steroid dienone is 2. The van der Waals surface area contributed by atoms with Crippen LogP contribution in [0.25, 0.3) is 0 Å². The van der Waals surface area contributed by atoms with Crippen molar-refractivity contribution in [3.63, 3.8) is 0 Å². The van der Waals surface area contributed by atoms with Gasteiger partial charge in [0, 0.05) is 6.42 Å². The Kier molecular flexibility index (Phi) is 13.1. The van der Waals surface area contributed by atoms with Gasteiger partial charge in [-0.3, -0.25) is 4.79 Å². The van der Waals surface area contributed by atoms with Gasteiger partial charge in [0.1, 0.15) is 0 Å². The van der Waals surface area contributed by atoms with E-state index < -0.39 is 0 Å². The van der Waals surface area contributed by atoms with E-state index >= 15 is 0 Å². The number of carbonyl (C=O) groups excluding carboxylic acids is 1. The number of methoxy groups -OCH3 is 1. The fourth-order valence-electron chi connectivity index (χ4n) is 2.24. The monoisotopic (exact) mass is 268 g/mol. The summed E-state index contributed by atoms with van der Waals surface area (Å²) in [6.45, 7) is 4.47. The Hall–Kier alpha value is -0.790. The maximum absolute atomic E-state index is 10.9. The van der Waals surface area contributed by atoms with Crippen molar-refractivity contribution in [1.29, 1.82) is 0 Å². The SMILES string of the molecule is CCC/C(C)=C/CCCCCCCCCC(=O)OC. The molecule has 0 aliphatic rings. The smallest absolute Gasteiger partial charge is 0.305 e. The van der Waals surface area contributed by atoms with Crippen molar-refractivity contribution in [3.05, 3.63) is 11.6 Å². The van der Waals surface area contributed by atoms with Gasteiger partial charge in [0.15, 0.2) is 0 Å². The fraction of sp³-hybridized carbons (Fsp3) is 0.824. The molecule has 2 nitrogen and oxygen atoms in total. The zero-order valence-corrected chi connectivity index (χ0v) is 13.2. The Labute approximate surface area is 119 Å². The molecular formula is C17H32O2. The number of carbonyl (C=O) groups is 1. The molecule has 0 saturated carbocycles. The highest BCUT2D eigenvalue weighted by atomic mass is 16.5. The number of hydrogen-bond donors (Lipinski definition) is 0. The molecule has 0 amide bonds. The fourth-order valence-corrected chi connectivity index (χ4v) is 2.24. The molecule has 0 saturated heterocycles. The van der Waals surface area contributed by atoms with Gasteiger partial charge in [0.05, 0.1) is 7.11 Å². The quantitative estimate of drug-likeness (QED) is 0.268. The molecule has 0 aliphatic heterocycles. The topological polar surface area (TPSA) is 26.3 Å². The summed E-state index contributed by atoms with van der Waals surface area (Å²) < 4.78 is 4.61. The molecule has 0 aromatic rings. The normalized spacial score (nSPS) is 11.6. The lowest BCUT2D eigenvalue weighted by atomic mass is 10.1. The first-order valence-corrected chi connectivity index (χ1v) is 7.93. The van der Waals surface area contributed by atoms with Gasteiger partial charge in [-0.2, -0.15) is 0 Å². The lowest BCUT2D eigenvalue weighted by Gasteiger charge is -2.02. The predicted octanol–water partition coefficient (Wildman–Crippen LogP) is 5.42. The van der Waals surface area contributed by atoms with E-state index in [-0.39, 0.29) is 5.97 Å². The van der Waals surface area contributed by atoms with Gasteiger partial charge in [-0.1, -0.05) is 57.1 Å². The molecule has 112 valence electrons. The van der Waals surface area contributed by atoms with Gasteiger partial charge >= 0.3 is 5.97 Å². The van der Waals surface area contributed by atoms with Crippen molar-refractivity contribution in [2.24, 2.45) is 0 Å². The van der Waals surface area contributed by atoms with Gasteiger partial charge < -0.3 is 4.74 Å². The van der Waals surface area contributed by atoms with Crippen LogP contribution in [0, 0.1) is 0 Å². The van der Waals surface area contributed by atoms with E-state index in [4.69, 9.17) is 0 Å². The first-order chi connectivity index (χ1) is 9.20. The Morgan fingerprint density at radius 3 is 2.11 bits per heavy atom. The molecule has 0 heterocycles. The summed E-state index contributed by atoms with van der Waals surface area (Å²) in [7, 11) is 1.46. The van der Waals surface area contributed by atoms with E-state index in [0.717, 1.165) is 12.8 Å². The highest BCUT2D eigenvalue weighted by Crippen LogP contribution is 2.12. The molecule has 2 heteroatoms. The average Bonchev–Trinajstić information content (AvgIpc) is 2.40. The van der Waals surface area contributed by atoms with Crippen LogP contribution in [0.3, 0.4) is 0 Å². The molecular weight excluding hydrogens is 236 g/mol. The molecule has 0 atom stereocenters. The second-order valence-corrected chi connectivity index (χ2v) is 5.39. The van der Waals surface area contributed by atoms with Crippen LogP contribution in [0.15, 0.2) is 11.6 Å². The minimum absolute atomic E-state index is 0.0748. The molecule has 0 radical (unpaired) electrons. The average molecular weight is 268 g/mol. The number of rotatable bonds is 12. The van der Waals surface area contributed by atoms with Crippen molar-refractivity contribution in [2.75, 3.05) is 7.11 Å². The molecule has 0 aromatic carbocycles. The molecule has 0 spiro atoms. The van der Waals surface area contributed by atoms with E-state index in [9.17, 15) is 4.79 Å². The summed E-state index contributed by atoms with van der Waals surface area (Å²) >= 11 is 0. The standard InChI is InChI=1S/C17H32O2/c1-4-13-16(2)14-11-9-7-5-6-8-10-12-15-17(18)19-3/h14H,4-13,15H2,1-3H3/b16-14+. The van der Waals surface area contributed by atoms with Crippen molar-refractivity contribution < 1.29 is 9.53 Å². The maximum atomic E-state index is 10.9. The number of esters is 1. The van der Waals surface area contributed by atoms with Crippen molar-refractivity contribution >= 4 is 5.97 Å². The van der Waals surface area contributed by atoms with E-state index in [2.05, 4.69) is 24.7 Å². The first-order valence-electron chi connectivity index (χ1n) is 7.93. The van der Waals surface area contributed by atoms with Gasteiger partial charge in [0.2, 0.25) is 0 Å². The van der Waals surface area contributed by atoms with Crippen molar-refractivity contribution in [3.8, 4) is 0 Å². The molecule has 0 N–H and O–H groups in total. The van der Waals surface area contributed by atoms with E-state index in [1.54, 1.807) is 5.57 Å². The van der Waals surface area contributed by atoms with E-state index in [1.165, 1.54) is 58.5 Å². The summed E-state index contributed by atoms with van der Waals surface area (Å²) in [5.41, 5.74) is 1.55. The summed E-state index contributed by atoms with van der Waals surface area (Å²) in [4.78, 5) is 10.9. The first kappa shape index (κ1) is 18.2. The van der Waals surface area contributed by atoms with Crippen LogP contribution < -0.4 is 0 Å².